The highest BCUT2D eigenvalue weighted by Gasteiger charge is 2.37. The van der Waals surface area contributed by atoms with Gasteiger partial charge in [0.15, 0.2) is 17.6 Å². The molecule has 4 heterocycles. The highest BCUT2D eigenvalue weighted by molar-refractivity contribution is 5.92. The third-order valence-electron chi connectivity index (χ3n) is 9.90. The van der Waals surface area contributed by atoms with Gasteiger partial charge in [0.25, 0.3) is 0 Å². The molecular weight excluding hydrogens is 618 g/mol. The van der Waals surface area contributed by atoms with Crippen molar-refractivity contribution in [2.24, 2.45) is 5.41 Å². The van der Waals surface area contributed by atoms with Crippen LogP contribution in [0.5, 0.6) is 11.5 Å². The van der Waals surface area contributed by atoms with Gasteiger partial charge in [-0.05, 0) is 82.1 Å². The second-order valence-electron chi connectivity index (χ2n) is 15.1. The fourth-order valence-electron chi connectivity index (χ4n) is 7.27. The van der Waals surface area contributed by atoms with Crippen LogP contribution in [0.15, 0.2) is 36.7 Å². The maximum Gasteiger partial charge on any atom is 0.337 e. The summed E-state index contributed by atoms with van der Waals surface area (Å²) in [6.45, 7) is 17.4. The number of aromatic nitrogens is 3. The molecule has 4 aromatic rings. The second kappa shape index (κ2) is 13.1. The van der Waals surface area contributed by atoms with E-state index in [1.54, 1.807) is 20.5 Å². The number of hydrogen-bond donors (Lipinski definition) is 1. The van der Waals surface area contributed by atoms with Crippen LogP contribution in [0.3, 0.4) is 0 Å². The fraction of sp³-hybridized carbons (Fsp3) is 0.487. The molecule has 2 aromatic heterocycles. The highest BCUT2D eigenvalue weighted by atomic mass is 16.5. The zero-order valence-corrected chi connectivity index (χ0v) is 30.3. The fourth-order valence-corrected chi connectivity index (χ4v) is 7.27. The monoisotopic (exact) mass is 667 g/mol. The van der Waals surface area contributed by atoms with Crippen LogP contribution >= 0.6 is 0 Å². The van der Waals surface area contributed by atoms with Gasteiger partial charge >= 0.3 is 5.97 Å². The van der Waals surface area contributed by atoms with E-state index >= 15 is 0 Å². The lowest BCUT2D eigenvalue weighted by Gasteiger charge is -2.41. The first-order chi connectivity index (χ1) is 23.2. The topological polar surface area (TPSA) is 110 Å². The molecule has 2 aromatic carbocycles. The van der Waals surface area contributed by atoms with E-state index in [-0.39, 0.29) is 5.41 Å². The number of aliphatic carboxylic acids is 1. The number of nitrogens with zero attached hydrogens (tertiary/aromatic N) is 5. The van der Waals surface area contributed by atoms with E-state index in [4.69, 9.17) is 24.2 Å². The minimum atomic E-state index is -1.15. The van der Waals surface area contributed by atoms with Crippen LogP contribution in [0, 0.1) is 19.3 Å². The zero-order chi connectivity index (χ0) is 35.2. The van der Waals surface area contributed by atoms with E-state index in [2.05, 4.69) is 46.8 Å². The molecule has 260 valence electrons. The molecule has 1 fully saturated rings. The number of carboxylic acids is 1. The van der Waals surface area contributed by atoms with Gasteiger partial charge in [-0.25, -0.2) is 14.8 Å². The number of ether oxygens (including phenoxy) is 3. The number of rotatable bonds is 8. The summed E-state index contributed by atoms with van der Waals surface area (Å²) in [6, 6.07) is 10.5. The SMILES string of the molecule is COc1cc2ncnc(N3CCc4cc(-c5c(C)nc(C)c(C(OC(C)(C)C)C(=O)O)c5N5CCC(C)(C)CC5)ccc4C3)c2cc1OC. The standard InChI is InChI=1S/C39H49N5O5/c1-23-32(34(43-16-13-39(6,7)14-17-43)33(24(2)42-23)35(37(45)46)49-38(3,4)5)26-10-11-27-21-44(15-12-25(27)18-26)36-28-19-30(47-8)31(48-9)20-29(28)40-22-41-36/h10-11,18-20,22,35H,12-17,21H2,1-9H3,(H,45,46). The van der Waals surface area contributed by atoms with Crippen molar-refractivity contribution in [3.05, 3.63) is 64.7 Å². The third kappa shape index (κ3) is 6.88. The lowest BCUT2D eigenvalue weighted by molar-refractivity contribution is -0.160. The molecule has 6 rings (SSSR count). The summed E-state index contributed by atoms with van der Waals surface area (Å²) in [4.78, 5) is 31.7. The zero-order valence-electron chi connectivity index (χ0n) is 30.3. The molecule has 10 heteroatoms. The first kappa shape index (κ1) is 34.4. The van der Waals surface area contributed by atoms with Crippen LogP contribution in [-0.2, 0) is 22.5 Å². The number of carbonyl (C=O) groups is 1. The van der Waals surface area contributed by atoms with Crippen molar-refractivity contribution in [3.8, 4) is 22.6 Å². The van der Waals surface area contributed by atoms with Gasteiger partial charge in [-0.1, -0.05) is 32.0 Å². The second-order valence-corrected chi connectivity index (χ2v) is 15.1. The minimum Gasteiger partial charge on any atom is -0.493 e. The van der Waals surface area contributed by atoms with E-state index in [1.807, 2.05) is 46.8 Å². The largest absolute Gasteiger partial charge is 0.493 e. The number of carboxylic acid groups (broad SMARTS) is 1. The van der Waals surface area contributed by atoms with Gasteiger partial charge in [0.05, 0.1) is 31.0 Å². The van der Waals surface area contributed by atoms with Crippen molar-refractivity contribution in [1.29, 1.82) is 0 Å². The van der Waals surface area contributed by atoms with E-state index < -0.39 is 17.7 Å². The van der Waals surface area contributed by atoms with Crippen molar-refractivity contribution >= 4 is 28.4 Å². The predicted octanol–water partition coefficient (Wildman–Crippen LogP) is 7.46. The number of piperidine rings is 1. The minimum absolute atomic E-state index is 0.228. The lowest BCUT2D eigenvalue weighted by atomic mass is 9.81. The number of aryl methyl sites for hydroxylation is 2. The van der Waals surface area contributed by atoms with Crippen LogP contribution in [0.2, 0.25) is 0 Å². The van der Waals surface area contributed by atoms with Crippen molar-refractivity contribution < 1.29 is 24.1 Å². The van der Waals surface area contributed by atoms with Crippen molar-refractivity contribution in [1.82, 2.24) is 15.0 Å². The Labute approximate surface area is 289 Å². The summed E-state index contributed by atoms with van der Waals surface area (Å²) in [5.74, 6) is 1.12. The Kier molecular flexibility index (Phi) is 9.21. The number of anilines is 2. The molecule has 0 aliphatic carbocycles. The molecule has 0 radical (unpaired) electrons. The Morgan fingerprint density at radius 2 is 1.61 bits per heavy atom. The Balaban J connectivity index is 1.43. The van der Waals surface area contributed by atoms with Gasteiger partial charge in [-0.15, -0.1) is 0 Å². The quantitative estimate of drug-likeness (QED) is 0.203. The van der Waals surface area contributed by atoms with Crippen LogP contribution in [0.25, 0.3) is 22.0 Å². The summed E-state index contributed by atoms with van der Waals surface area (Å²) < 4.78 is 17.4. The average molecular weight is 668 g/mol. The van der Waals surface area contributed by atoms with E-state index in [0.29, 0.717) is 29.3 Å². The van der Waals surface area contributed by atoms with Crippen molar-refractivity contribution in [2.75, 3.05) is 43.7 Å². The molecule has 1 N–H and O–H groups in total. The van der Waals surface area contributed by atoms with Crippen molar-refractivity contribution in [2.45, 2.75) is 86.0 Å². The molecule has 0 spiro atoms. The molecule has 1 unspecified atom stereocenters. The first-order valence-electron chi connectivity index (χ1n) is 17.1. The molecule has 49 heavy (non-hydrogen) atoms. The van der Waals surface area contributed by atoms with Crippen molar-refractivity contribution in [3.63, 3.8) is 0 Å². The maximum atomic E-state index is 12.9. The Morgan fingerprint density at radius 1 is 0.918 bits per heavy atom. The smallest absolute Gasteiger partial charge is 0.337 e. The van der Waals surface area contributed by atoms with Gasteiger partial charge in [-0.3, -0.25) is 4.98 Å². The lowest BCUT2D eigenvalue weighted by Crippen LogP contribution is -2.39. The summed E-state index contributed by atoms with van der Waals surface area (Å²) in [5, 5.41) is 11.5. The summed E-state index contributed by atoms with van der Waals surface area (Å²) in [5.41, 5.74) is 8.04. The molecular formula is C39H49N5O5. The van der Waals surface area contributed by atoms with Crippen LogP contribution in [0.1, 0.15) is 81.6 Å². The van der Waals surface area contributed by atoms with E-state index in [9.17, 15) is 9.90 Å². The maximum absolute atomic E-state index is 12.9. The molecule has 1 atom stereocenters. The predicted molar refractivity (Wildman–Crippen MR) is 193 cm³/mol. The molecule has 2 aliphatic heterocycles. The van der Waals surface area contributed by atoms with Crippen LogP contribution in [-0.4, -0.2) is 65.5 Å². The summed E-state index contributed by atoms with van der Waals surface area (Å²) in [7, 11) is 3.25. The highest BCUT2D eigenvalue weighted by Crippen LogP contribution is 2.45. The Hall–Kier alpha value is -4.44. The molecule has 10 nitrogen and oxygen atoms in total. The van der Waals surface area contributed by atoms with E-state index in [1.165, 1.54) is 11.1 Å². The van der Waals surface area contributed by atoms with Gasteiger partial charge < -0.3 is 29.1 Å². The van der Waals surface area contributed by atoms with Gasteiger partial charge in [0.1, 0.15) is 12.1 Å². The molecule has 0 amide bonds. The Bertz CT molecular complexity index is 1890. The van der Waals surface area contributed by atoms with Gasteiger partial charge in [-0.2, -0.15) is 0 Å². The summed E-state index contributed by atoms with van der Waals surface area (Å²) in [6.07, 6.45) is 3.31. The number of pyridine rings is 1. The number of hydrogen-bond acceptors (Lipinski definition) is 9. The molecule has 0 saturated carbocycles. The number of benzene rings is 2. The van der Waals surface area contributed by atoms with Gasteiger partial charge in [0.2, 0.25) is 0 Å². The first-order valence-corrected chi connectivity index (χ1v) is 17.1. The van der Waals surface area contributed by atoms with Crippen LogP contribution < -0.4 is 19.3 Å². The number of fused-ring (bicyclic) bond motifs is 2. The normalized spacial score (nSPS) is 16.8. The third-order valence-corrected chi connectivity index (χ3v) is 9.90. The molecule has 0 bridgehead atoms. The molecule has 1 saturated heterocycles. The Morgan fingerprint density at radius 3 is 2.27 bits per heavy atom. The van der Waals surface area contributed by atoms with Gasteiger partial charge in [0, 0.05) is 60.1 Å². The van der Waals surface area contributed by atoms with E-state index in [0.717, 1.165) is 78.1 Å². The number of methoxy groups -OCH3 is 2. The average Bonchev–Trinajstić information content (AvgIpc) is 3.05. The van der Waals surface area contributed by atoms with Crippen LogP contribution in [0.4, 0.5) is 11.5 Å². The molecule has 2 aliphatic rings. The summed E-state index contributed by atoms with van der Waals surface area (Å²) >= 11 is 0.